The monoisotopic (exact) mass is 489 g/mol. The molecule has 2 bridgehead atoms. The number of rotatable bonds is 5. The summed E-state index contributed by atoms with van der Waals surface area (Å²) >= 11 is 2.02. The number of thiophene rings is 1. The number of hydrogen-bond acceptors (Lipinski definition) is 5. The van der Waals surface area contributed by atoms with Crippen molar-refractivity contribution in [2.75, 3.05) is 13.2 Å². The normalized spacial score (nSPS) is 26.6. The zero-order chi connectivity index (χ0) is 24.0. The molecule has 5 heterocycles. The summed E-state index contributed by atoms with van der Waals surface area (Å²) in [4.78, 5) is 11.3. The summed E-state index contributed by atoms with van der Waals surface area (Å²) in [5.74, 6) is 2.80. The fourth-order valence-electron chi connectivity index (χ4n) is 7.28. The Balaban J connectivity index is 1.27. The molecule has 4 aromatic heterocycles. The van der Waals surface area contributed by atoms with Gasteiger partial charge in [-0.05, 0) is 86.0 Å². The van der Waals surface area contributed by atoms with E-state index in [0.717, 1.165) is 36.6 Å². The second kappa shape index (κ2) is 7.89. The molecule has 0 aromatic carbocycles. The van der Waals surface area contributed by atoms with E-state index in [0.29, 0.717) is 18.0 Å². The van der Waals surface area contributed by atoms with Crippen LogP contribution in [-0.2, 0) is 4.74 Å². The molecule has 1 aliphatic heterocycles. The van der Waals surface area contributed by atoms with Gasteiger partial charge in [-0.25, -0.2) is 9.50 Å². The maximum absolute atomic E-state index is 5.39. The second-order valence-electron chi connectivity index (χ2n) is 11.5. The van der Waals surface area contributed by atoms with Gasteiger partial charge in [-0.3, -0.25) is 0 Å². The molecule has 1 saturated heterocycles. The summed E-state index contributed by atoms with van der Waals surface area (Å²) in [5.41, 5.74) is 8.89. The maximum Gasteiger partial charge on any atom is 0.158 e. The van der Waals surface area contributed by atoms with Gasteiger partial charge in [0.25, 0.3) is 0 Å². The molecule has 3 fully saturated rings. The minimum absolute atomic E-state index is 0.435. The summed E-state index contributed by atoms with van der Waals surface area (Å²) in [7, 11) is 0. The third-order valence-corrected chi connectivity index (χ3v) is 10.6. The van der Waals surface area contributed by atoms with Crippen LogP contribution in [0.4, 0.5) is 0 Å². The van der Waals surface area contributed by atoms with Gasteiger partial charge >= 0.3 is 0 Å². The van der Waals surface area contributed by atoms with Gasteiger partial charge in [-0.2, -0.15) is 5.10 Å². The zero-order valence-electron chi connectivity index (χ0n) is 21.3. The van der Waals surface area contributed by atoms with Crippen molar-refractivity contribution in [1.82, 2.24) is 24.9 Å². The average Bonchev–Trinajstić information content (AvgIpc) is 3.59. The first-order chi connectivity index (χ1) is 16.9. The first kappa shape index (κ1) is 22.0. The lowest BCUT2D eigenvalue weighted by atomic mass is 9.83. The van der Waals surface area contributed by atoms with E-state index in [1.54, 1.807) is 11.2 Å². The summed E-state index contributed by atoms with van der Waals surface area (Å²) in [6.07, 6.45) is 7.85. The molecule has 4 aromatic rings. The van der Waals surface area contributed by atoms with Crippen LogP contribution in [0.3, 0.4) is 0 Å². The molecule has 2 N–H and O–H groups in total. The number of aryl methyl sites for hydroxylation is 2. The molecule has 6 nitrogen and oxygen atoms in total. The van der Waals surface area contributed by atoms with E-state index in [2.05, 4.69) is 61.2 Å². The summed E-state index contributed by atoms with van der Waals surface area (Å²) < 4.78 is 7.31. The van der Waals surface area contributed by atoms with E-state index >= 15 is 0 Å². The van der Waals surface area contributed by atoms with Crippen molar-refractivity contribution >= 4 is 27.2 Å². The summed E-state index contributed by atoms with van der Waals surface area (Å²) in [6, 6.07) is 1.29. The van der Waals surface area contributed by atoms with Crippen LogP contribution < -0.4 is 5.32 Å². The molecule has 4 unspecified atom stereocenters. The summed E-state index contributed by atoms with van der Waals surface area (Å²) in [5, 5.41) is 9.80. The Bertz CT molecular complexity index is 1440. The molecule has 0 radical (unpaired) electrons. The Morgan fingerprint density at radius 3 is 2.60 bits per heavy atom. The van der Waals surface area contributed by atoms with Crippen LogP contribution in [-0.4, -0.2) is 44.9 Å². The number of fused-ring (bicyclic) bond motifs is 4. The number of aromatic nitrogens is 4. The standard InChI is InChI=1S/C28H35N5OS/c1-13(2)23-24-16(5)26(20-7-18-6-17(20)8-22(18)31-19-10-34-11-19)35-28(24)32-25(23)21-9-33-27(29-12-30-33)15(4)14(21)3/h9,12-13,17-20,22,31-32H,6-8,10-11H2,1-5H3. The van der Waals surface area contributed by atoms with Gasteiger partial charge in [0.1, 0.15) is 11.2 Å². The number of pyridine rings is 1. The van der Waals surface area contributed by atoms with E-state index in [4.69, 9.17) is 4.74 Å². The minimum atomic E-state index is 0.435. The molecule has 184 valence electrons. The second-order valence-corrected chi connectivity index (χ2v) is 12.6. The van der Waals surface area contributed by atoms with Crippen LogP contribution in [0.1, 0.15) is 72.1 Å². The zero-order valence-corrected chi connectivity index (χ0v) is 22.1. The quantitative estimate of drug-likeness (QED) is 0.369. The smallest absolute Gasteiger partial charge is 0.158 e. The van der Waals surface area contributed by atoms with Crippen LogP contribution in [0, 0.1) is 32.6 Å². The van der Waals surface area contributed by atoms with Gasteiger partial charge in [0.05, 0.1) is 24.9 Å². The topological polar surface area (TPSA) is 67.2 Å². The highest BCUT2D eigenvalue weighted by Gasteiger charge is 2.48. The van der Waals surface area contributed by atoms with Crippen molar-refractivity contribution < 1.29 is 4.74 Å². The Kier molecular flexibility index (Phi) is 4.96. The van der Waals surface area contributed by atoms with E-state index in [9.17, 15) is 0 Å². The Hall–Kier alpha value is -2.22. The average molecular weight is 490 g/mol. The van der Waals surface area contributed by atoms with Crippen LogP contribution in [0.15, 0.2) is 12.5 Å². The lowest BCUT2D eigenvalue weighted by Gasteiger charge is -2.35. The Morgan fingerprint density at radius 2 is 1.91 bits per heavy atom. The summed E-state index contributed by atoms with van der Waals surface area (Å²) in [6.45, 7) is 13.2. The highest BCUT2D eigenvalue weighted by molar-refractivity contribution is 7.19. The predicted molar refractivity (Wildman–Crippen MR) is 142 cm³/mol. The number of aromatic amines is 1. The van der Waals surface area contributed by atoms with Crippen LogP contribution in [0.5, 0.6) is 0 Å². The molecule has 2 saturated carbocycles. The molecule has 0 amide bonds. The molecule has 7 rings (SSSR count). The first-order valence-corrected chi connectivity index (χ1v) is 14.0. The Morgan fingerprint density at radius 1 is 1.09 bits per heavy atom. The third-order valence-electron chi connectivity index (χ3n) is 9.22. The molecule has 2 aliphatic carbocycles. The fourth-order valence-corrected chi connectivity index (χ4v) is 8.72. The largest absolute Gasteiger partial charge is 0.378 e. The number of nitrogens with zero attached hydrogens (tertiary/aromatic N) is 3. The van der Waals surface area contributed by atoms with Gasteiger partial charge in [0.15, 0.2) is 5.65 Å². The van der Waals surface area contributed by atoms with Crippen molar-refractivity contribution in [3.8, 4) is 11.3 Å². The molecule has 3 aliphatic rings. The van der Waals surface area contributed by atoms with Gasteiger partial charge in [-0.15, -0.1) is 11.3 Å². The third kappa shape index (κ3) is 3.20. The predicted octanol–water partition coefficient (Wildman–Crippen LogP) is 5.86. The van der Waals surface area contributed by atoms with Gasteiger partial charge in [0.2, 0.25) is 0 Å². The van der Waals surface area contributed by atoms with E-state index < -0.39 is 0 Å². The minimum Gasteiger partial charge on any atom is -0.378 e. The highest BCUT2D eigenvalue weighted by atomic mass is 32.1. The van der Waals surface area contributed by atoms with Crippen LogP contribution >= 0.6 is 11.3 Å². The van der Waals surface area contributed by atoms with E-state index in [1.165, 1.54) is 63.0 Å². The van der Waals surface area contributed by atoms with Crippen molar-refractivity contribution in [1.29, 1.82) is 0 Å². The molecule has 4 atom stereocenters. The SMILES string of the molecule is Cc1c(-c2[nH]c3sc(C4CC5CC4CC5NC4COC4)c(C)c3c2C(C)C)cn2ncnc2c1C. The molecule has 35 heavy (non-hydrogen) atoms. The number of hydrogen-bond donors (Lipinski definition) is 2. The number of H-pyrrole nitrogens is 1. The van der Waals surface area contributed by atoms with Crippen molar-refractivity contribution in [2.24, 2.45) is 11.8 Å². The maximum atomic E-state index is 5.39. The lowest BCUT2D eigenvalue weighted by Crippen LogP contribution is -2.52. The Labute approximate surface area is 210 Å². The molecule has 0 spiro atoms. The van der Waals surface area contributed by atoms with E-state index in [-0.39, 0.29) is 0 Å². The van der Waals surface area contributed by atoms with Crippen molar-refractivity contribution in [2.45, 2.75) is 77.8 Å². The van der Waals surface area contributed by atoms with Gasteiger partial charge in [0, 0.05) is 28.1 Å². The highest BCUT2D eigenvalue weighted by Crippen LogP contribution is 2.56. The molecular formula is C28H35N5OS. The first-order valence-electron chi connectivity index (χ1n) is 13.2. The van der Waals surface area contributed by atoms with Gasteiger partial charge < -0.3 is 15.0 Å². The molecule has 7 heteroatoms. The number of ether oxygens (including phenoxy) is 1. The van der Waals surface area contributed by atoms with Crippen LogP contribution in [0.2, 0.25) is 0 Å². The van der Waals surface area contributed by atoms with Crippen molar-refractivity contribution in [3.63, 3.8) is 0 Å². The fraction of sp³-hybridized carbons (Fsp3) is 0.571. The van der Waals surface area contributed by atoms with E-state index in [1.807, 2.05) is 15.9 Å². The van der Waals surface area contributed by atoms with Crippen LogP contribution in [0.25, 0.3) is 27.1 Å². The molecular weight excluding hydrogens is 454 g/mol. The van der Waals surface area contributed by atoms with Gasteiger partial charge in [-0.1, -0.05) is 13.8 Å². The van der Waals surface area contributed by atoms with Crippen molar-refractivity contribution in [3.05, 3.63) is 39.7 Å². The lowest BCUT2D eigenvalue weighted by molar-refractivity contribution is -0.0131. The number of nitrogens with one attached hydrogen (secondary N) is 2.